The van der Waals surface area contributed by atoms with Crippen molar-refractivity contribution < 1.29 is 29.7 Å². The van der Waals surface area contributed by atoms with Crippen molar-refractivity contribution in [2.24, 2.45) is 16.5 Å². The standard InChI is InChI=1S/C6H6O.C2H4N4.C2H2O4.CH2O/c7-6-4-2-1-3-5-6;3-1-6-2(4)5;3-1(4)2(5)6;1-2/h1-5,7H;(H4,4,5,6);(H,3,4)(H,5,6);1H2. The fourth-order valence-corrected chi connectivity index (χ4v) is 0.486. The predicted octanol–water partition coefficient (Wildman–Crippen LogP) is -0.896. The molecule has 7 N–H and O–H groups in total. The Hall–Kier alpha value is -3.61. The molecule has 0 radical (unpaired) electrons. The Bertz CT molecular complexity index is 467. The third kappa shape index (κ3) is 26.2. The Balaban J connectivity index is -0.000000219. The molecule has 0 aliphatic carbocycles. The molecule has 0 aromatic heterocycles. The van der Waals surface area contributed by atoms with Crippen molar-refractivity contribution in [2.75, 3.05) is 0 Å². The van der Waals surface area contributed by atoms with E-state index >= 15 is 0 Å². The molecule has 0 amide bonds. The van der Waals surface area contributed by atoms with Crippen LogP contribution in [-0.2, 0) is 14.4 Å². The summed E-state index contributed by atoms with van der Waals surface area (Å²) in [4.78, 5) is 29.1. The van der Waals surface area contributed by atoms with Crippen LogP contribution in [0.2, 0.25) is 0 Å². The van der Waals surface area contributed by atoms with Crippen molar-refractivity contribution in [3.63, 3.8) is 0 Å². The number of rotatable bonds is 0. The number of benzene rings is 1. The van der Waals surface area contributed by atoms with Crippen LogP contribution < -0.4 is 11.5 Å². The molecule has 0 saturated heterocycles. The summed E-state index contributed by atoms with van der Waals surface area (Å²) in [6.45, 7) is 2.00. The molecule has 0 bridgehead atoms. The topological polar surface area (TPSA) is 200 Å². The van der Waals surface area contributed by atoms with E-state index in [-0.39, 0.29) is 5.96 Å². The lowest BCUT2D eigenvalue weighted by molar-refractivity contribution is -0.159. The van der Waals surface area contributed by atoms with Crippen LogP contribution in [0, 0.1) is 11.5 Å². The van der Waals surface area contributed by atoms with Gasteiger partial charge in [-0.15, -0.1) is 4.99 Å². The Labute approximate surface area is 119 Å². The molecule has 0 aliphatic rings. The monoisotopic (exact) mass is 298 g/mol. The normalized spacial score (nSPS) is 6.81. The van der Waals surface area contributed by atoms with Crippen LogP contribution in [0.25, 0.3) is 0 Å². The largest absolute Gasteiger partial charge is 0.508 e. The summed E-state index contributed by atoms with van der Waals surface area (Å²) < 4.78 is 0. The number of carboxylic acid groups (broad SMARTS) is 2. The van der Waals surface area contributed by atoms with Gasteiger partial charge in [0.15, 0.2) is 0 Å². The molecule has 0 saturated carbocycles. The third-order valence-corrected chi connectivity index (χ3v) is 1.12. The van der Waals surface area contributed by atoms with Gasteiger partial charge in [-0.3, -0.25) is 0 Å². The van der Waals surface area contributed by atoms with Gasteiger partial charge in [0, 0.05) is 0 Å². The number of para-hydroxylation sites is 1. The minimum atomic E-state index is -1.82. The number of nitriles is 1. The van der Waals surface area contributed by atoms with Gasteiger partial charge in [-0.2, -0.15) is 5.26 Å². The van der Waals surface area contributed by atoms with Crippen LogP contribution in [0.3, 0.4) is 0 Å². The summed E-state index contributed by atoms with van der Waals surface area (Å²) in [5, 5.41) is 31.1. The summed E-state index contributed by atoms with van der Waals surface area (Å²) >= 11 is 0. The average molecular weight is 298 g/mol. The van der Waals surface area contributed by atoms with Crippen LogP contribution >= 0.6 is 0 Å². The summed E-state index contributed by atoms with van der Waals surface area (Å²) in [7, 11) is 0. The van der Waals surface area contributed by atoms with E-state index in [1.165, 1.54) is 6.19 Å². The number of phenolic OH excluding ortho intramolecular Hbond substituents is 1. The number of guanidine groups is 1. The van der Waals surface area contributed by atoms with Gasteiger partial charge in [0.05, 0.1) is 0 Å². The maximum Gasteiger partial charge on any atom is 0.414 e. The number of aliphatic imine (C=N–C) groups is 1. The van der Waals surface area contributed by atoms with E-state index in [9.17, 15) is 0 Å². The third-order valence-electron chi connectivity index (χ3n) is 1.12. The summed E-state index contributed by atoms with van der Waals surface area (Å²) in [5.41, 5.74) is 9.42. The van der Waals surface area contributed by atoms with Gasteiger partial charge in [-0.25, -0.2) is 9.59 Å². The SMILES string of the molecule is C=O.N#CN=C(N)N.O=C(O)C(=O)O.Oc1ccccc1. The number of carbonyl (C=O) groups is 3. The first-order chi connectivity index (χ1) is 9.81. The van der Waals surface area contributed by atoms with E-state index in [0.29, 0.717) is 5.75 Å². The molecule has 0 atom stereocenters. The Morgan fingerprint density at radius 2 is 1.48 bits per heavy atom. The zero-order valence-corrected chi connectivity index (χ0v) is 10.7. The maximum absolute atomic E-state index is 9.10. The average Bonchev–Trinajstić information content (AvgIpc) is 2.43. The van der Waals surface area contributed by atoms with Crippen molar-refractivity contribution in [3.05, 3.63) is 30.3 Å². The van der Waals surface area contributed by atoms with Crippen molar-refractivity contribution in [2.45, 2.75) is 0 Å². The second-order valence-corrected chi connectivity index (χ2v) is 2.58. The molecule has 1 aromatic carbocycles. The van der Waals surface area contributed by atoms with Crippen LogP contribution in [0.1, 0.15) is 0 Å². The van der Waals surface area contributed by atoms with E-state index in [4.69, 9.17) is 46.4 Å². The van der Waals surface area contributed by atoms with Crippen LogP contribution in [-0.4, -0.2) is 40.0 Å². The van der Waals surface area contributed by atoms with E-state index < -0.39 is 11.9 Å². The van der Waals surface area contributed by atoms with Crippen LogP contribution in [0.15, 0.2) is 35.3 Å². The van der Waals surface area contributed by atoms with Gasteiger partial charge in [0.2, 0.25) is 12.2 Å². The minimum absolute atomic E-state index is 0.197. The Morgan fingerprint density at radius 1 is 1.10 bits per heavy atom. The highest BCUT2D eigenvalue weighted by Crippen LogP contribution is 2.02. The fraction of sp³-hybridized carbons (Fsp3) is 0. The lowest BCUT2D eigenvalue weighted by Crippen LogP contribution is -2.21. The van der Waals surface area contributed by atoms with Gasteiger partial charge in [-0.1, -0.05) is 18.2 Å². The summed E-state index contributed by atoms with van der Waals surface area (Å²) in [5.74, 6) is -3.52. The highest BCUT2D eigenvalue weighted by Gasteiger charge is 2.04. The van der Waals surface area contributed by atoms with Crippen molar-refractivity contribution in [1.82, 2.24) is 0 Å². The number of carbonyl (C=O) groups excluding carboxylic acids is 1. The summed E-state index contributed by atoms with van der Waals surface area (Å²) in [6.07, 6.45) is 1.41. The molecular formula is C11H14N4O6. The lowest BCUT2D eigenvalue weighted by atomic mass is 10.3. The van der Waals surface area contributed by atoms with E-state index in [1.54, 1.807) is 24.3 Å². The predicted molar refractivity (Wildman–Crippen MR) is 71.9 cm³/mol. The first-order valence-electron chi connectivity index (χ1n) is 4.78. The molecule has 0 spiro atoms. The fourth-order valence-electron chi connectivity index (χ4n) is 0.486. The van der Waals surface area contributed by atoms with Gasteiger partial charge in [-0.05, 0) is 12.1 Å². The Kier molecular flexibility index (Phi) is 17.6. The second-order valence-electron chi connectivity index (χ2n) is 2.58. The van der Waals surface area contributed by atoms with Crippen molar-refractivity contribution >= 4 is 24.7 Å². The number of aliphatic carboxylic acids is 2. The van der Waals surface area contributed by atoms with E-state index in [2.05, 4.69) is 4.99 Å². The first-order valence-corrected chi connectivity index (χ1v) is 4.78. The van der Waals surface area contributed by atoms with Crippen LogP contribution in [0.5, 0.6) is 5.75 Å². The maximum atomic E-state index is 9.10. The van der Waals surface area contributed by atoms with E-state index in [0.717, 1.165) is 0 Å². The number of phenols is 1. The smallest absolute Gasteiger partial charge is 0.414 e. The first kappa shape index (κ1) is 22.6. The molecule has 114 valence electrons. The number of aromatic hydroxyl groups is 1. The van der Waals surface area contributed by atoms with Gasteiger partial charge in [0.1, 0.15) is 12.5 Å². The van der Waals surface area contributed by atoms with Crippen molar-refractivity contribution in [3.8, 4) is 11.9 Å². The zero-order valence-electron chi connectivity index (χ0n) is 10.7. The van der Waals surface area contributed by atoms with Gasteiger partial charge < -0.3 is 31.6 Å². The molecule has 10 nitrogen and oxygen atoms in total. The Morgan fingerprint density at radius 3 is 1.57 bits per heavy atom. The minimum Gasteiger partial charge on any atom is -0.508 e. The van der Waals surface area contributed by atoms with Gasteiger partial charge >= 0.3 is 11.9 Å². The number of carboxylic acids is 2. The molecule has 10 heteroatoms. The molecule has 0 fully saturated rings. The highest BCUT2D eigenvalue weighted by atomic mass is 16.4. The number of nitrogens with two attached hydrogens (primary N) is 2. The van der Waals surface area contributed by atoms with Crippen molar-refractivity contribution in [1.29, 1.82) is 5.26 Å². The molecule has 0 heterocycles. The molecule has 0 aliphatic heterocycles. The highest BCUT2D eigenvalue weighted by molar-refractivity contribution is 6.27. The van der Waals surface area contributed by atoms with Crippen LogP contribution in [0.4, 0.5) is 0 Å². The molecule has 1 rings (SSSR count). The van der Waals surface area contributed by atoms with Gasteiger partial charge in [0.25, 0.3) is 0 Å². The molecule has 0 unspecified atom stereocenters. The molecule has 21 heavy (non-hydrogen) atoms. The van der Waals surface area contributed by atoms with E-state index in [1.807, 2.05) is 12.9 Å². The lowest BCUT2D eigenvalue weighted by Gasteiger charge is -1.82. The summed E-state index contributed by atoms with van der Waals surface area (Å²) in [6, 6.07) is 8.71. The molecular weight excluding hydrogens is 284 g/mol. The second kappa shape index (κ2) is 16.4. The molecule has 1 aromatic rings. The number of hydrogen-bond donors (Lipinski definition) is 5. The number of nitrogens with zero attached hydrogens (tertiary/aromatic N) is 2. The quantitative estimate of drug-likeness (QED) is 0.174. The number of hydrogen-bond acceptors (Lipinski definition) is 6. The zero-order chi connectivity index (χ0) is 17.3.